The number of rotatable bonds is 7. The van der Waals surface area contributed by atoms with Crippen LogP contribution in [-0.4, -0.2) is 56.4 Å². The number of carbonyl (C=O) groups is 2. The third-order valence-corrected chi connectivity index (χ3v) is 8.05. The SMILES string of the molecule is C[C@]1(c2cc(NC(=O)c3cnc(OCC(F)(F)F)cn3)ccc2F)N=C(N)S[C@@]2(C(=O)N[C@@H]3CC3(F)F)C[C@H]21. The van der Waals surface area contributed by atoms with Crippen LogP contribution in [0.5, 0.6) is 5.88 Å². The molecule has 2 heterocycles. The van der Waals surface area contributed by atoms with E-state index in [9.17, 15) is 31.5 Å². The molecule has 3 aliphatic rings. The quantitative estimate of drug-likeness (QED) is 0.432. The first-order chi connectivity index (χ1) is 18.1. The molecule has 2 fully saturated rings. The fourth-order valence-electron chi connectivity index (χ4n) is 4.57. The number of nitrogens with two attached hydrogens (primary N) is 1. The molecule has 2 aromatic rings. The zero-order valence-corrected chi connectivity index (χ0v) is 20.8. The summed E-state index contributed by atoms with van der Waals surface area (Å²) in [5.41, 5.74) is 4.53. The van der Waals surface area contributed by atoms with Crippen molar-refractivity contribution in [3.63, 3.8) is 0 Å². The number of halogens is 6. The maximum Gasteiger partial charge on any atom is 0.422 e. The van der Waals surface area contributed by atoms with Gasteiger partial charge in [0.05, 0.1) is 24.0 Å². The predicted molar refractivity (Wildman–Crippen MR) is 127 cm³/mol. The lowest BCUT2D eigenvalue weighted by molar-refractivity contribution is -0.154. The maximum atomic E-state index is 15.1. The number of ether oxygens (including phenoxy) is 1. The summed E-state index contributed by atoms with van der Waals surface area (Å²) in [6.07, 6.45) is -3.04. The van der Waals surface area contributed by atoms with Crippen LogP contribution in [0.4, 0.5) is 32.0 Å². The van der Waals surface area contributed by atoms with Gasteiger partial charge in [0.2, 0.25) is 11.8 Å². The molecule has 1 aromatic heterocycles. The molecule has 39 heavy (non-hydrogen) atoms. The van der Waals surface area contributed by atoms with Crippen molar-refractivity contribution in [3.05, 3.63) is 47.7 Å². The van der Waals surface area contributed by atoms with Gasteiger partial charge in [0.15, 0.2) is 11.8 Å². The van der Waals surface area contributed by atoms with Crippen molar-refractivity contribution >= 4 is 34.4 Å². The average Bonchev–Trinajstić information content (AvgIpc) is 3.73. The fourth-order valence-corrected chi connectivity index (χ4v) is 5.95. The molecule has 2 amide bonds. The maximum absolute atomic E-state index is 15.1. The summed E-state index contributed by atoms with van der Waals surface area (Å²) >= 11 is 0.952. The standard InChI is InChI=1S/C23H20F6N6O3S/c1-20(14-5-21(14,39-19(30)35-20)18(37)34-15-6-22(15,25)26)11-4-10(2-3-12(11)24)33-17(36)13-7-32-16(8-31-13)38-9-23(27,28)29/h2-4,7-8,14-15H,5-6,9H2,1H3,(H2,30,35)(H,33,36)(H,34,37)/t14-,15+,20+,21-/m0/s1. The van der Waals surface area contributed by atoms with Crippen LogP contribution in [0.1, 0.15) is 35.8 Å². The van der Waals surface area contributed by atoms with E-state index >= 15 is 4.39 Å². The van der Waals surface area contributed by atoms with E-state index in [-0.39, 0.29) is 28.5 Å². The molecule has 2 saturated carbocycles. The van der Waals surface area contributed by atoms with E-state index in [0.29, 0.717) is 0 Å². The molecular weight excluding hydrogens is 554 g/mol. The Morgan fingerprint density at radius 2 is 1.92 bits per heavy atom. The third-order valence-electron chi connectivity index (χ3n) is 6.75. The molecule has 1 aromatic carbocycles. The Morgan fingerprint density at radius 3 is 2.54 bits per heavy atom. The van der Waals surface area contributed by atoms with Gasteiger partial charge in [0.1, 0.15) is 16.3 Å². The van der Waals surface area contributed by atoms with Crippen LogP contribution in [-0.2, 0) is 10.3 Å². The van der Waals surface area contributed by atoms with E-state index in [1.54, 1.807) is 6.92 Å². The zero-order chi connectivity index (χ0) is 28.4. The van der Waals surface area contributed by atoms with Crippen molar-refractivity contribution in [2.75, 3.05) is 11.9 Å². The van der Waals surface area contributed by atoms with Gasteiger partial charge in [-0.1, -0.05) is 11.8 Å². The van der Waals surface area contributed by atoms with Crippen molar-refractivity contribution in [1.29, 1.82) is 0 Å². The summed E-state index contributed by atoms with van der Waals surface area (Å²) in [5, 5.41) is 4.83. The number of carbonyl (C=O) groups excluding carboxylic acids is 2. The number of aliphatic imine (C=N–C) groups is 1. The molecule has 1 aliphatic heterocycles. The number of hydrogen-bond acceptors (Lipinski definition) is 8. The number of alkyl halides is 5. The first-order valence-corrected chi connectivity index (χ1v) is 12.3. The molecule has 0 bridgehead atoms. The van der Waals surface area contributed by atoms with Gasteiger partial charge in [-0.2, -0.15) is 13.2 Å². The van der Waals surface area contributed by atoms with E-state index in [2.05, 4.69) is 30.3 Å². The number of thioether (sulfide) groups is 1. The van der Waals surface area contributed by atoms with Crippen LogP contribution in [0, 0.1) is 11.7 Å². The number of amides is 2. The lowest BCUT2D eigenvalue weighted by atomic mass is 9.85. The number of nitrogens with one attached hydrogen (secondary N) is 2. The van der Waals surface area contributed by atoms with Gasteiger partial charge < -0.3 is 21.1 Å². The minimum Gasteiger partial charge on any atom is -0.467 e. The van der Waals surface area contributed by atoms with Gasteiger partial charge >= 0.3 is 6.18 Å². The fraction of sp³-hybridized carbons (Fsp3) is 0.435. The second-order valence-corrected chi connectivity index (χ2v) is 11.0. The van der Waals surface area contributed by atoms with E-state index in [1.165, 1.54) is 12.1 Å². The number of hydrogen-bond donors (Lipinski definition) is 3. The van der Waals surface area contributed by atoms with Gasteiger partial charge in [-0.15, -0.1) is 0 Å². The topological polar surface area (TPSA) is 132 Å². The summed E-state index contributed by atoms with van der Waals surface area (Å²) in [4.78, 5) is 37.3. The third kappa shape index (κ3) is 5.21. The van der Waals surface area contributed by atoms with Crippen LogP contribution >= 0.6 is 11.8 Å². The molecular formula is C23H20F6N6O3S. The molecule has 4 atom stereocenters. The monoisotopic (exact) mass is 574 g/mol. The lowest BCUT2D eigenvalue weighted by Gasteiger charge is -2.34. The zero-order valence-electron chi connectivity index (χ0n) is 20.0. The van der Waals surface area contributed by atoms with Crippen LogP contribution in [0.25, 0.3) is 0 Å². The minimum absolute atomic E-state index is 0.0131. The van der Waals surface area contributed by atoms with Crippen molar-refractivity contribution in [2.45, 2.75) is 48.2 Å². The van der Waals surface area contributed by atoms with Crippen molar-refractivity contribution in [2.24, 2.45) is 16.6 Å². The van der Waals surface area contributed by atoms with E-state index in [4.69, 9.17) is 5.73 Å². The molecule has 0 radical (unpaired) electrons. The molecule has 0 saturated heterocycles. The molecule has 0 unspecified atom stereocenters. The van der Waals surface area contributed by atoms with E-state index < -0.39 is 70.9 Å². The van der Waals surface area contributed by atoms with Gasteiger partial charge in [-0.25, -0.2) is 23.1 Å². The summed E-state index contributed by atoms with van der Waals surface area (Å²) in [5.74, 6) is -6.06. The molecule has 4 N–H and O–H groups in total. The molecule has 208 valence electrons. The highest BCUT2D eigenvalue weighted by atomic mass is 32.2. The molecule has 5 rings (SSSR count). The smallest absolute Gasteiger partial charge is 0.422 e. The number of fused-ring (bicyclic) bond motifs is 1. The number of aromatic nitrogens is 2. The van der Waals surface area contributed by atoms with Crippen molar-refractivity contribution in [1.82, 2.24) is 15.3 Å². The Morgan fingerprint density at radius 1 is 1.21 bits per heavy atom. The lowest BCUT2D eigenvalue weighted by Crippen LogP contribution is -2.45. The average molecular weight is 575 g/mol. The van der Waals surface area contributed by atoms with Gasteiger partial charge in [-0.3, -0.25) is 14.6 Å². The Hall–Kier alpha value is -3.56. The van der Waals surface area contributed by atoms with Crippen molar-refractivity contribution < 1.29 is 40.7 Å². The van der Waals surface area contributed by atoms with E-state index in [0.717, 1.165) is 30.2 Å². The van der Waals surface area contributed by atoms with E-state index in [1.807, 2.05) is 0 Å². The Balaban J connectivity index is 1.33. The highest BCUT2D eigenvalue weighted by Gasteiger charge is 2.72. The van der Waals surface area contributed by atoms with Crippen molar-refractivity contribution in [3.8, 4) is 5.88 Å². The van der Waals surface area contributed by atoms with Gasteiger partial charge in [0.25, 0.3) is 11.8 Å². The van der Waals surface area contributed by atoms with Crippen LogP contribution in [0.3, 0.4) is 0 Å². The molecule has 0 spiro atoms. The summed E-state index contributed by atoms with van der Waals surface area (Å²) in [6, 6.07) is 2.40. The molecule has 9 nitrogen and oxygen atoms in total. The number of benzene rings is 1. The Kier molecular flexibility index (Phi) is 6.23. The summed E-state index contributed by atoms with van der Waals surface area (Å²) in [6.45, 7) is -0.00693. The summed E-state index contributed by atoms with van der Waals surface area (Å²) in [7, 11) is 0. The second kappa shape index (κ2) is 8.99. The first kappa shape index (κ1) is 27.0. The minimum atomic E-state index is -4.57. The van der Waals surface area contributed by atoms with Crippen LogP contribution in [0.15, 0.2) is 35.6 Å². The van der Waals surface area contributed by atoms with Gasteiger partial charge in [0, 0.05) is 23.6 Å². The largest absolute Gasteiger partial charge is 0.467 e. The number of nitrogens with zero attached hydrogens (tertiary/aromatic N) is 3. The Labute approximate surface area is 221 Å². The summed E-state index contributed by atoms with van der Waals surface area (Å²) < 4.78 is 81.9. The number of amidine groups is 1. The van der Waals surface area contributed by atoms with Gasteiger partial charge in [-0.05, 0) is 31.5 Å². The predicted octanol–water partition coefficient (Wildman–Crippen LogP) is 3.37. The van der Waals surface area contributed by atoms with Crippen LogP contribution in [0.2, 0.25) is 0 Å². The Bertz CT molecular complexity index is 1370. The normalized spacial score (nSPS) is 28.5. The first-order valence-electron chi connectivity index (χ1n) is 11.5. The number of anilines is 1. The second-order valence-electron chi connectivity index (χ2n) is 9.63. The molecule has 2 aliphatic carbocycles. The van der Waals surface area contributed by atoms with Crippen LogP contribution < -0.4 is 21.1 Å². The highest BCUT2D eigenvalue weighted by Crippen LogP contribution is 2.66. The molecule has 16 heteroatoms. The highest BCUT2D eigenvalue weighted by molar-refractivity contribution is 8.15.